The number of furan rings is 1. The Balaban J connectivity index is 1.49. The van der Waals surface area contributed by atoms with Crippen LogP contribution >= 0.6 is 11.6 Å². The molecule has 4 aromatic rings. The van der Waals surface area contributed by atoms with Crippen LogP contribution in [0.3, 0.4) is 0 Å². The van der Waals surface area contributed by atoms with Crippen LogP contribution in [0, 0.1) is 0 Å². The van der Waals surface area contributed by atoms with E-state index in [2.05, 4.69) is 32.8 Å². The zero-order chi connectivity index (χ0) is 20.5. The Morgan fingerprint density at radius 1 is 1.07 bits per heavy atom. The first-order valence-corrected chi connectivity index (χ1v) is 9.93. The second kappa shape index (κ2) is 7.68. The Morgan fingerprint density at radius 2 is 1.87 bits per heavy atom. The first kappa shape index (κ1) is 18.4. The van der Waals surface area contributed by atoms with E-state index in [1.165, 1.54) is 6.26 Å². The summed E-state index contributed by atoms with van der Waals surface area (Å²) in [6.45, 7) is 0. The van der Waals surface area contributed by atoms with Crippen molar-refractivity contribution in [2.75, 3.05) is 10.6 Å². The van der Waals surface area contributed by atoms with Crippen LogP contribution in [0.15, 0.2) is 77.4 Å². The average molecular weight is 420 g/mol. The van der Waals surface area contributed by atoms with Crippen molar-refractivity contribution in [1.82, 2.24) is 14.8 Å². The van der Waals surface area contributed by atoms with Crippen LogP contribution in [0.4, 0.5) is 11.9 Å². The highest BCUT2D eigenvalue weighted by Gasteiger charge is 2.31. The highest BCUT2D eigenvalue weighted by Crippen LogP contribution is 2.38. The first-order chi connectivity index (χ1) is 14.7. The van der Waals surface area contributed by atoms with E-state index in [4.69, 9.17) is 16.0 Å². The van der Waals surface area contributed by atoms with Crippen LogP contribution < -0.4 is 10.6 Å². The summed E-state index contributed by atoms with van der Waals surface area (Å²) in [5.74, 6) is 0.615. The summed E-state index contributed by atoms with van der Waals surface area (Å²) in [6, 6.07) is 21.1. The molecule has 2 N–H and O–H groups in total. The number of aromatic nitrogens is 3. The number of nitrogens with one attached hydrogen (secondary N) is 2. The van der Waals surface area contributed by atoms with Crippen LogP contribution in [0.25, 0.3) is 0 Å². The topological polar surface area (TPSA) is 85.0 Å². The molecule has 0 bridgehead atoms. The second-order valence-electron chi connectivity index (χ2n) is 7.05. The zero-order valence-electron chi connectivity index (χ0n) is 15.8. The summed E-state index contributed by atoms with van der Waals surface area (Å²) in [5, 5.41) is 11.4. The largest absolute Gasteiger partial charge is 0.459 e. The van der Waals surface area contributed by atoms with Crippen molar-refractivity contribution in [3.8, 4) is 0 Å². The molecule has 2 atom stereocenters. The second-order valence-corrected chi connectivity index (χ2v) is 7.48. The molecule has 0 spiro atoms. The molecule has 0 fully saturated rings. The molecular weight excluding hydrogens is 402 g/mol. The number of hydrogen-bond donors (Lipinski definition) is 2. The van der Waals surface area contributed by atoms with Gasteiger partial charge in [-0.2, -0.15) is 4.98 Å². The average Bonchev–Trinajstić information content (AvgIpc) is 3.44. The summed E-state index contributed by atoms with van der Waals surface area (Å²) in [4.78, 5) is 16.8. The van der Waals surface area contributed by atoms with Crippen LogP contribution in [0.1, 0.15) is 40.2 Å². The number of rotatable bonds is 4. The molecule has 5 rings (SSSR count). The van der Waals surface area contributed by atoms with Crippen molar-refractivity contribution < 1.29 is 9.21 Å². The number of halogens is 1. The van der Waals surface area contributed by atoms with Crippen molar-refractivity contribution >= 4 is 29.4 Å². The van der Waals surface area contributed by atoms with E-state index in [9.17, 15) is 4.79 Å². The molecule has 0 aliphatic carbocycles. The highest BCUT2D eigenvalue weighted by molar-refractivity contribution is 6.30. The molecule has 2 aromatic carbocycles. The molecule has 7 nitrogen and oxygen atoms in total. The van der Waals surface area contributed by atoms with Gasteiger partial charge in [0.2, 0.25) is 5.95 Å². The molecule has 0 unspecified atom stereocenters. The Bertz CT molecular complexity index is 1160. The maximum atomic E-state index is 12.3. The Morgan fingerprint density at radius 3 is 2.60 bits per heavy atom. The van der Waals surface area contributed by atoms with Crippen molar-refractivity contribution in [2.24, 2.45) is 0 Å². The van der Waals surface area contributed by atoms with Crippen LogP contribution in [0.2, 0.25) is 5.02 Å². The van der Waals surface area contributed by atoms with Gasteiger partial charge in [-0.3, -0.25) is 10.1 Å². The van der Waals surface area contributed by atoms with Crippen molar-refractivity contribution in [3.63, 3.8) is 0 Å². The molecule has 8 heteroatoms. The quantitative estimate of drug-likeness (QED) is 0.490. The van der Waals surface area contributed by atoms with Crippen molar-refractivity contribution in [1.29, 1.82) is 0 Å². The minimum atomic E-state index is -0.395. The molecular formula is C22H18ClN5O2. The molecule has 1 aliphatic rings. The van der Waals surface area contributed by atoms with Gasteiger partial charge in [-0.1, -0.05) is 54.1 Å². The van der Waals surface area contributed by atoms with Gasteiger partial charge in [0.15, 0.2) is 5.76 Å². The molecule has 0 saturated carbocycles. The maximum Gasteiger partial charge on any atom is 0.293 e. The first-order valence-electron chi connectivity index (χ1n) is 9.56. The van der Waals surface area contributed by atoms with Crippen molar-refractivity contribution in [3.05, 3.63) is 94.9 Å². The number of carbonyl (C=O) groups excluding carboxylic acids is 1. The fraction of sp³-hybridized carbons (Fsp3) is 0.136. The molecule has 1 aliphatic heterocycles. The Kier molecular flexibility index (Phi) is 4.72. The van der Waals surface area contributed by atoms with Gasteiger partial charge >= 0.3 is 0 Å². The van der Waals surface area contributed by atoms with Gasteiger partial charge in [0.05, 0.1) is 18.3 Å². The van der Waals surface area contributed by atoms with E-state index in [0.717, 1.165) is 17.5 Å². The third-order valence-electron chi connectivity index (χ3n) is 5.12. The lowest BCUT2D eigenvalue weighted by molar-refractivity contribution is 0.0995. The SMILES string of the molecule is O=C(Nc1nc2n(n1)[C@@H](c1ccccc1)C[C@H](c1ccc(Cl)cc1)N2)c1ccco1. The number of benzene rings is 2. The lowest BCUT2D eigenvalue weighted by Crippen LogP contribution is -2.28. The third-order valence-corrected chi connectivity index (χ3v) is 5.37. The monoisotopic (exact) mass is 419 g/mol. The lowest BCUT2D eigenvalue weighted by atomic mass is 9.93. The summed E-state index contributed by atoms with van der Waals surface area (Å²) in [5.41, 5.74) is 2.23. The van der Waals surface area contributed by atoms with Crippen LogP contribution in [0.5, 0.6) is 0 Å². The van der Waals surface area contributed by atoms with Gasteiger partial charge in [-0.05, 0) is 41.8 Å². The molecule has 2 aromatic heterocycles. The van der Waals surface area contributed by atoms with Crippen LogP contribution in [-0.2, 0) is 0 Å². The van der Waals surface area contributed by atoms with E-state index in [-0.39, 0.29) is 23.8 Å². The molecule has 150 valence electrons. The predicted octanol–water partition coefficient (Wildman–Crippen LogP) is 4.92. The molecule has 0 radical (unpaired) electrons. The van der Waals surface area contributed by atoms with Gasteiger partial charge < -0.3 is 9.73 Å². The number of anilines is 2. The number of nitrogens with zero attached hydrogens (tertiary/aromatic N) is 3. The van der Waals surface area contributed by atoms with Crippen molar-refractivity contribution in [2.45, 2.75) is 18.5 Å². The van der Waals surface area contributed by atoms with E-state index in [0.29, 0.717) is 11.0 Å². The zero-order valence-corrected chi connectivity index (χ0v) is 16.6. The number of hydrogen-bond acceptors (Lipinski definition) is 5. The van der Waals surface area contributed by atoms with Gasteiger partial charge in [0.25, 0.3) is 11.9 Å². The fourth-order valence-corrected chi connectivity index (χ4v) is 3.79. The number of amides is 1. The standard InChI is InChI=1S/C22H18ClN5O2/c23-16-10-8-14(9-11-16)17-13-18(15-5-2-1-3-6-15)28-22(24-17)26-21(27-28)25-20(29)19-7-4-12-30-19/h1-12,17-18H,13H2,(H2,24,25,26,27,29)/t17-,18-/m1/s1. The summed E-state index contributed by atoms with van der Waals surface area (Å²) >= 11 is 6.06. The molecule has 3 heterocycles. The van der Waals surface area contributed by atoms with Gasteiger partial charge in [0, 0.05) is 5.02 Å². The van der Waals surface area contributed by atoms with Crippen LogP contribution in [-0.4, -0.2) is 20.7 Å². The van der Waals surface area contributed by atoms with E-state index < -0.39 is 5.91 Å². The van der Waals surface area contributed by atoms with Gasteiger partial charge in [-0.25, -0.2) is 4.68 Å². The van der Waals surface area contributed by atoms with Gasteiger partial charge in [-0.15, -0.1) is 5.10 Å². The van der Waals surface area contributed by atoms with Gasteiger partial charge in [0.1, 0.15) is 0 Å². The summed E-state index contributed by atoms with van der Waals surface area (Å²) in [6.07, 6.45) is 2.22. The highest BCUT2D eigenvalue weighted by atomic mass is 35.5. The Labute approximate surface area is 177 Å². The van der Waals surface area contributed by atoms with E-state index in [1.54, 1.807) is 12.1 Å². The summed E-state index contributed by atoms with van der Waals surface area (Å²) in [7, 11) is 0. The third kappa shape index (κ3) is 3.55. The normalized spacial score (nSPS) is 17.8. The Hall–Kier alpha value is -3.58. The number of carbonyl (C=O) groups is 1. The number of fused-ring (bicyclic) bond motifs is 1. The van der Waals surface area contributed by atoms with E-state index in [1.807, 2.05) is 47.1 Å². The van der Waals surface area contributed by atoms with E-state index >= 15 is 0 Å². The minimum absolute atomic E-state index is 0.0257. The summed E-state index contributed by atoms with van der Waals surface area (Å²) < 4.78 is 6.96. The molecule has 30 heavy (non-hydrogen) atoms. The smallest absolute Gasteiger partial charge is 0.293 e. The minimum Gasteiger partial charge on any atom is -0.459 e. The molecule has 0 saturated heterocycles. The maximum absolute atomic E-state index is 12.3. The molecule has 1 amide bonds. The fourth-order valence-electron chi connectivity index (χ4n) is 3.67. The lowest BCUT2D eigenvalue weighted by Gasteiger charge is -2.31. The predicted molar refractivity (Wildman–Crippen MR) is 114 cm³/mol.